The Morgan fingerprint density at radius 1 is 1.55 bits per heavy atom. The van der Waals surface area contributed by atoms with Crippen LogP contribution >= 0.6 is 11.8 Å². The molecule has 4 heteroatoms. The lowest BCUT2D eigenvalue weighted by Crippen LogP contribution is -2.03. The summed E-state index contributed by atoms with van der Waals surface area (Å²) < 4.78 is 24.0. The molecule has 0 spiro atoms. The number of carbonyl (C=O) groups excluding carboxylic acids is 1. The average molecular weight is 182 g/mol. The number of rotatable bonds is 5. The number of halogens is 2. The highest BCUT2D eigenvalue weighted by molar-refractivity contribution is 8.13. The number of alkyl halides is 2. The molecule has 1 unspecified atom stereocenters. The predicted octanol–water partition coefficient (Wildman–Crippen LogP) is 2.35. The summed E-state index contributed by atoms with van der Waals surface area (Å²) in [6, 6.07) is 0. The smallest absolute Gasteiger partial charge is 0.185 e. The minimum atomic E-state index is -1.09. The van der Waals surface area contributed by atoms with Gasteiger partial charge in [0.1, 0.15) is 6.17 Å². The van der Waals surface area contributed by atoms with E-state index in [1.165, 1.54) is 6.92 Å². The zero-order valence-electron chi connectivity index (χ0n) is 6.48. The molecule has 0 aromatic rings. The van der Waals surface area contributed by atoms with E-state index in [1.54, 1.807) is 0 Å². The van der Waals surface area contributed by atoms with Gasteiger partial charge in [-0.2, -0.15) is 0 Å². The van der Waals surface area contributed by atoms with Crippen molar-refractivity contribution in [3.63, 3.8) is 0 Å². The molecular weight excluding hydrogens is 170 g/mol. The van der Waals surface area contributed by atoms with Crippen molar-refractivity contribution < 1.29 is 13.6 Å². The molecule has 0 aliphatic rings. The molecule has 0 rings (SSSR count). The summed E-state index contributed by atoms with van der Waals surface area (Å²) in [4.78, 5) is 10.3. The van der Waals surface area contributed by atoms with E-state index in [-0.39, 0.29) is 18.0 Å². The molecule has 0 aromatic heterocycles. The Bertz CT molecular complexity index is 119. The normalized spacial score (nSPS) is 13.0. The van der Waals surface area contributed by atoms with Crippen molar-refractivity contribution >= 4 is 16.9 Å². The van der Waals surface area contributed by atoms with Crippen molar-refractivity contribution in [2.45, 2.75) is 25.9 Å². The second-order valence-electron chi connectivity index (χ2n) is 2.20. The minimum absolute atomic E-state index is 0.0163. The van der Waals surface area contributed by atoms with Crippen LogP contribution in [0.25, 0.3) is 0 Å². The summed E-state index contributed by atoms with van der Waals surface area (Å²) in [6.07, 6.45) is -0.862. The van der Waals surface area contributed by atoms with Crippen LogP contribution in [-0.4, -0.2) is 23.7 Å². The fraction of sp³-hybridized carbons (Fsp3) is 0.857. The summed E-state index contributed by atoms with van der Waals surface area (Å²) in [5.41, 5.74) is 0. The Morgan fingerprint density at radius 2 is 2.18 bits per heavy atom. The second-order valence-corrected chi connectivity index (χ2v) is 3.48. The van der Waals surface area contributed by atoms with Crippen molar-refractivity contribution in [1.82, 2.24) is 0 Å². The van der Waals surface area contributed by atoms with Gasteiger partial charge in [0.2, 0.25) is 0 Å². The molecule has 1 nitrogen and oxygen atoms in total. The molecule has 0 saturated heterocycles. The summed E-state index contributed by atoms with van der Waals surface area (Å²) in [6.45, 7) is 0.818. The van der Waals surface area contributed by atoms with E-state index in [4.69, 9.17) is 0 Å². The van der Waals surface area contributed by atoms with Gasteiger partial charge in [-0.25, -0.2) is 4.39 Å². The molecule has 0 fully saturated rings. The van der Waals surface area contributed by atoms with Crippen LogP contribution in [0.5, 0.6) is 0 Å². The third-order valence-electron chi connectivity index (χ3n) is 1.16. The molecule has 0 N–H and O–H groups in total. The van der Waals surface area contributed by atoms with Crippen LogP contribution in [0.15, 0.2) is 0 Å². The van der Waals surface area contributed by atoms with Crippen LogP contribution in [-0.2, 0) is 4.79 Å². The van der Waals surface area contributed by atoms with Crippen molar-refractivity contribution in [1.29, 1.82) is 0 Å². The van der Waals surface area contributed by atoms with E-state index in [2.05, 4.69) is 0 Å². The van der Waals surface area contributed by atoms with Crippen molar-refractivity contribution in [3.8, 4) is 0 Å². The van der Waals surface area contributed by atoms with Gasteiger partial charge in [0, 0.05) is 19.1 Å². The van der Waals surface area contributed by atoms with Crippen LogP contribution < -0.4 is 0 Å². The zero-order valence-corrected chi connectivity index (χ0v) is 7.29. The van der Waals surface area contributed by atoms with Gasteiger partial charge >= 0.3 is 0 Å². The van der Waals surface area contributed by atoms with Crippen LogP contribution in [0.3, 0.4) is 0 Å². The van der Waals surface area contributed by atoms with Crippen molar-refractivity contribution in [2.24, 2.45) is 0 Å². The van der Waals surface area contributed by atoms with Crippen LogP contribution in [0.2, 0.25) is 0 Å². The Balaban J connectivity index is 3.16. The van der Waals surface area contributed by atoms with E-state index in [0.29, 0.717) is 5.75 Å². The quantitative estimate of drug-likeness (QED) is 0.649. The first-order chi connectivity index (χ1) is 5.16. The fourth-order valence-corrected chi connectivity index (χ4v) is 1.25. The highest BCUT2D eigenvalue weighted by atomic mass is 32.2. The third kappa shape index (κ3) is 7.78. The molecule has 0 amide bonds. The minimum Gasteiger partial charge on any atom is -0.288 e. The van der Waals surface area contributed by atoms with E-state index in [0.717, 1.165) is 11.8 Å². The molecular formula is C7H12F2OS. The van der Waals surface area contributed by atoms with Gasteiger partial charge in [0.25, 0.3) is 0 Å². The number of thioether (sulfide) groups is 1. The van der Waals surface area contributed by atoms with E-state index in [1.807, 2.05) is 0 Å². The molecule has 0 heterocycles. The second kappa shape index (κ2) is 6.58. The molecule has 0 saturated carbocycles. The van der Waals surface area contributed by atoms with Gasteiger partial charge < -0.3 is 0 Å². The summed E-state index contributed by atoms with van der Waals surface area (Å²) in [5, 5.41) is -0.0163. The summed E-state index contributed by atoms with van der Waals surface area (Å²) in [5.74, 6) is 0.455. The van der Waals surface area contributed by atoms with Gasteiger partial charge in [-0.1, -0.05) is 11.8 Å². The summed E-state index contributed by atoms with van der Waals surface area (Å²) >= 11 is 1.08. The molecule has 0 aliphatic heterocycles. The van der Waals surface area contributed by atoms with E-state index in [9.17, 15) is 13.6 Å². The molecule has 1 atom stereocenters. The van der Waals surface area contributed by atoms with Crippen molar-refractivity contribution in [2.75, 3.05) is 12.4 Å². The lowest BCUT2D eigenvalue weighted by Gasteiger charge is -2.02. The van der Waals surface area contributed by atoms with Gasteiger partial charge in [-0.3, -0.25) is 9.18 Å². The predicted molar refractivity (Wildman–Crippen MR) is 43.2 cm³/mol. The monoisotopic (exact) mass is 182 g/mol. The Morgan fingerprint density at radius 3 is 2.64 bits per heavy atom. The Kier molecular flexibility index (Phi) is 6.51. The van der Waals surface area contributed by atoms with Crippen molar-refractivity contribution in [3.05, 3.63) is 0 Å². The maximum atomic E-state index is 12.5. The standard InChI is InChI=1S/C7H12F2OS/c1-6(10)11-5-3-7(9)2-4-8/h7H,2-5H2,1H3. The highest BCUT2D eigenvalue weighted by Gasteiger charge is 2.05. The molecule has 11 heavy (non-hydrogen) atoms. The lowest BCUT2D eigenvalue weighted by molar-refractivity contribution is -0.109. The van der Waals surface area contributed by atoms with Gasteiger partial charge in [-0.05, 0) is 6.42 Å². The van der Waals surface area contributed by atoms with Gasteiger partial charge in [0.05, 0.1) is 6.67 Å². The Labute approximate surface area is 69.5 Å². The van der Waals surface area contributed by atoms with Gasteiger partial charge in [0.15, 0.2) is 5.12 Å². The van der Waals surface area contributed by atoms with E-state index < -0.39 is 12.8 Å². The SMILES string of the molecule is CC(=O)SCCC(F)CCF. The first-order valence-corrected chi connectivity index (χ1v) is 4.48. The molecule has 66 valence electrons. The molecule has 0 radical (unpaired) electrons. The number of hydrogen-bond donors (Lipinski definition) is 0. The van der Waals surface area contributed by atoms with E-state index >= 15 is 0 Å². The first kappa shape index (κ1) is 10.9. The average Bonchev–Trinajstić information content (AvgIpc) is 1.87. The molecule has 0 aromatic carbocycles. The summed E-state index contributed by atoms with van der Waals surface area (Å²) in [7, 11) is 0. The highest BCUT2D eigenvalue weighted by Crippen LogP contribution is 2.10. The largest absolute Gasteiger partial charge is 0.288 e. The fourth-order valence-electron chi connectivity index (χ4n) is 0.593. The first-order valence-electron chi connectivity index (χ1n) is 3.50. The third-order valence-corrected chi connectivity index (χ3v) is 2.01. The molecule has 0 aliphatic carbocycles. The number of carbonyl (C=O) groups is 1. The maximum absolute atomic E-state index is 12.5. The maximum Gasteiger partial charge on any atom is 0.185 e. The topological polar surface area (TPSA) is 17.1 Å². The van der Waals surface area contributed by atoms with Crippen LogP contribution in [0, 0.1) is 0 Å². The van der Waals surface area contributed by atoms with Crippen LogP contribution in [0.1, 0.15) is 19.8 Å². The lowest BCUT2D eigenvalue weighted by atomic mass is 10.2. The van der Waals surface area contributed by atoms with Crippen LogP contribution in [0.4, 0.5) is 8.78 Å². The molecule has 0 bridgehead atoms. The zero-order chi connectivity index (χ0) is 8.69. The number of hydrogen-bond acceptors (Lipinski definition) is 2. The Hall–Kier alpha value is -0.120. The van der Waals surface area contributed by atoms with Gasteiger partial charge in [-0.15, -0.1) is 0 Å².